The highest BCUT2D eigenvalue weighted by atomic mass is 16.5. The van der Waals surface area contributed by atoms with E-state index in [1.165, 1.54) is 18.4 Å². The monoisotopic (exact) mass is 243 g/mol. The van der Waals surface area contributed by atoms with Gasteiger partial charge in [0.05, 0.1) is 0 Å². The number of aromatic nitrogens is 2. The molecular weight excluding hydrogens is 226 g/mol. The summed E-state index contributed by atoms with van der Waals surface area (Å²) in [6.07, 6.45) is 3.41. The fraction of sp³-hybridized carbons (Fsp3) is 0.429. The smallest absolute Gasteiger partial charge is 0.228 e. The average Bonchev–Trinajstić information content (AvgIpc) is 3.06. The molecule has 1 heterocycles. The summed E-state index contributed by atoms with van der Waals surface area (Å²) in [6, 6.07) is 8.87. The maximum Gasteiger partial charge on any atom is 0.228 e. The van der Waals surface area contributed by atoms with Gasteiger partial charge in [-0.15, -0.1) is 0 Å². The number of hydrogen-bond acceptors (Lipinski definition) is 4. The second-order valence-corrected chi connectivity index (χ2v) is 4.86. The van der Waals surface area contributed by atoms with E-state index in [-0.39, 0.29) is 0 Å². The molecule has 0 amide bonds. The Morgan fingerprint density at radius 3 is 3.06 bits per heavy atom. The number of rotatable bonds is 5. The highest BCUT2D eigenvalue weighted by molar-refractivity contribution is 5.55. The standard InChI is InChI=1S/C14H17N3O/c1-10-3-2-4-11(9-10)14-16-13(18-17-14)7-8-15-12-5-6-12/h2-4,9,12,15H,5-8H2,1H3. The van der Waals surface area contributed by atoms with Crippen molar-refractivity contribution in [3.63, 3.8) is 0 Å². The zero-order valence-electron chi connectivity index (χ0n) is 10.5. The van der Waals surface area contributed by atoms with Crippen molar-refractivity contribution in [3.05, 3.63) is 35.7 Å². The van der Waals surface area contributed by atoms with Gasteiger partial charge in [0.15, 0.2) is 0 Å². The molecule has 1 saturated carbocycles. The summed E-state index contributed by atoms with van der Waals surface area (Å²) in [5.74, 6) is 1.39. The van der Waals surface area contributed by atoms with Gasteiger partial charge in [-0.3, -0.25) is 0 Å². The van der Waals surface area contributed by atoms with Crippen LogP contribution < -0.4 is 5.32 Å². The average molecular weight is 243 g/mol. The van der Waals surface area contributed by atoms with Crippen LogP contribution in [0.15, 0.2) is 28.8 Å². The molecule has 1 fully saturated rings. The molecule has 18 heavy (non-hydrogen) atoms. The molecule has 3 rings (SSSR count). The molecule has 1 aromatic heterocycles. The minimum absolute atomic E-state index is 0.681. The van der Waals surface area contributed by atoms with Gasteiger partial charge in [0.25, 0.3) is 0 Å². The largest absolute Gasteiger partial charge is 0.339 e. The topological polar surface area (TPSA) is 51.0 Å². The van der Waals surface area contributed by atoms with Gasteiger partial charge in [0.2, 0.25) is 11.7 Å². The predicted molar refractivity (Wildman–Crippen MR) is 69.2 cm³/mol. The Labute approximate surface area is 106 Å². The number of nitrogens with zero attached hydrogens (tertiary/aromatic N) is 2. The summed E-state index contributed by atoms with van der Waals surface area (Å²) in [5.41, 5.74) is 2.22. The fourth-order valence-corrected chi connectivity index (χ4v) is 1.93. The van der Waals surface area contributed by atoms with Crippen LogP contribution in [0, 0.1) is 6.92 Å². The first kappa shape index (κ1) is 11.4. The highest BCUT2D eigenvalue weighted by Crippen LogP contribution is 2.19. The van der Waals surface area contributed by atoms with Gasteiger partial charge in [-0.2, -0.15) is 4.98 Å². The lowest BCUT2D eigenvalue weighted by Crippen LogP contribution is -2.19. The van der Waals surface area contributed by atoms with E-state index in [0.29, 0.717) is 11.7 Å². The normalized spacial score (nSPS) is 14.9. The van der Waals surface area contributed by atoms with Gasteiger partial charge in [-0.1, -0.05) is 28.9 Å². The van der Waals surface area contributed by atoms with E-state index in [9.17, 15) is 0 Å². The Morgan fingerprint density at radius 2 is 2.28 bits per heavy atom. The fourth-order valence-electron chi connectivity index (χ4n) is 1.93. The van der Waals surface area contributed by atoms with Gasteiger partial charge < -0.3 is 9.84 Å². The first-order valence-electron chi connectivity index (χ1n) is 6.44. The van der Waals surface area contributed by atoms with E-state index in [0.717, 1.165) is 24.6 Å². The molecule has 0 atom stereocenters. The summed E-state index contributed by atoms with van der Waals surface area (Å²) < 4.78 is 5.26. The summed E-state index contributed by atoms with van der Waals surface area (Å²) in [7, 11) is 0. The molecule has 0 aliphatic heterocycles. The van der Waals surface area contributed by atoms with Gasteiger partial charge >= 0.3 is 0 Å². The molecule has 0 bridgehead atoms. The minimum atomic E-state index is 0.681. The molecule has 0 spiro atoms. The Hall–Kier alpha value is -1.68. The number of nitrogens with one attached hydrogen (secondary N) is 1. The number of benzene rings is 1. The van der Waals surface area contributed by atoms with Crippen molar-refractivity contribution in [3.8, 4) is 11.4 Å². The second-order valence-electron chi connectivity index (χ2n) is 4.86. The Kier molecular flexibility index (Phi) is 3.11. The summed E-state index contributed by atoms with van der Waals surface area (Å²) >= 11 is 0. The summed E-state index contributed by atoms with van der Waals surface area (Å²) in [6.45, 7) is 2.98. The number of aryl methyl sites for hydroxylation is 1. The van der Waals surface area contributed by atoms with E-state index in [1.54, 1.807) is 0 Å². The second kappa shape index (κ2) is 4.90. The molecular formula is C14H17N3O. The van der Waals surface area contributed by atoms with E-state index < -0.39 is 0 Å². The van der Waals surface area contributed by atoms with Crippen molar-refractivity contribution < 1.29 is 4.52 Å². The molecule has 94 valence electrons. The maximum atomic E-state index is 5.26. The van der Waals surface area contributed by atoms with Crippen LogP contribution in [0.3, 0.4) is 0 Å². The van der Waals surface area contributed by atoms with Gasteiger partial charge in [0.1, 0.15) is 0 Å². The van der Waals surface area contributed by atoms with E-state index >= 15 is 0 Å². The van der Waals surface area contributed by atoms with Crippen molar-refractivity contribution in [1.82, 2.24) is 15.5 Å². The predicted octanol–water partition coefficient (Wildman–Crippen LogP) is 2.34. The summed E-state index contributed by atoms with van der Waals surface area (Å²) in [4.78, 5) is 4.42. The molecule has 1 aromatic carbocycles. The third-order valence-electron chi connectivity index (χ3n) is 3.09. The van der Waals surface area contributed by atoms with Crippen LogP contribution >= 0.6 is 0 Å². The lowest BCUT2D eigenvalue weighted by atomic mass is 10.1. The minimum Gasteiger partial charge on any atom is -0.339 e. The van der Waals surface area contributed by atoms with Gasteiger partial charge in [-0.05, 0) is 25.8 Å². The van der Waals surface area contributed by atoms with Crippen molar-refractivity contribution in [2.45, 2.75) is 32.2 Å². The molecule has 0 unspecified atom stereocenters. The Balaban J connectivity index is 1.64. The molecule has 4 heteroatoms. The molecule has 4 nitrogen and oxygen atoms in total. The zero-order valence-corrected chi connectivity index (χ0v) is 10.5. The lowest BCUT2D eigenvalue weighted by molar-refractivity contribution is 0.376. The third kappa shape index (κ3) is 2.76. The molecule has 1 aliphatic carbocycles. The van der Waals surface area contributed by atoms with E-state index in [2.05, 4.69) is 34.5 Å². The Morgan fingerprint density at radius 1 is 1.39 bits per heavy atom. The summed E-state index contributed by atoms with van der Waals surface area (Å²) in [5, 5.41) is 7.46. The van der Waals surface area contributed by atoms with Crippen LogP contribution in [0.4, 0.5) is 0 Å². The van der Waals surface area contributed by atoms with E-state index in [1.807, 2.05) is 12.1 Å². The van der Waals surface area contributed by atoms with Crippen LogP contribution in [-0.2, 0) is 6.42 Å². The third-order valence-corrected chi connectivity index (χ3v) is 3.09. The van der Waals surface area contributed by atoms with Gasteiger partial charge in [-0.25, -0.2) is 0 Å². The van der Waals surface area contributed by atoms with Crippen LogP contribution in [0.1, 0.15) is 24.3 Å². The van der Waals surface area contributed by atoms with Crippen molar-refractivity contribution in [2.24, 2.45) is 0 Å². The zero-order chi connectivity index (χ0) is 12.4. The highest BCUT2D eigenvalue weighted by Gasteiger charge is 2.20. The molecule has 0 saturated heterocycles. The van der Waals surface area contributed by atoms with Crippen LogP contribution in [0.25, 0.3) is 11.4 Å². The molecule has 0 radical (unpaired) electrons. The van der Waals surface area contributed by atoms with Crippen molar-refractivity contribution >= 4 is 0 Å². The van der Waals surface area contributed by atoms with Crippen LogP contribution in [0.5, 0.6) is 0 Å². The maximum absolute atomic E-state index is 5.26. The molecule has 2 aromatic rings. The first-order valence-corrected chi connectivity index (χ1v) is 6.44. The molecule has 1 N–H and O–H groups in total. The van der Waals surface area contributed by atoms with Gasteiger partial charge in [0, 0.05) is 24.6 Å². The Bertz CT molecular complexity index is 531. The van der Waals surface area contributed by atoms with Crippen molar-refractivity contribution in [1.29, 1.82) is 0 Å². The van der Waals surface area contributed by atoms with Crippen LogP contribution in [-0.4, -0.2) is 22.7 Å². The molecule has 1 aliphatic rings. The first-order chi connectivity index (χ1) is 8.81. The quantitative estimate of drug-likeness (QED) is 0.875. The van der Waals surface area contributed by atoms with Crippen LogP contribution in [0.2, 0.25) is 0 Å². The lowest BCUT2D eigenvalue weighted by Gasteiger charge is -1.97. The number of hydrogen-bond donors (Lipinski definition) is 1. The van der Waals surface area contributed by atoms with E-state index in [4.69, 9.17) is 4.52 Å². The SMILES string of the molecule is Cc1cccc(-c2noc(CCNC3CC3)n2)c1. The van der Waals surface area contributed by atoms with Crippen molar-refractivity contribution in [2.75, 3.05) is 6.54 Å².